The van der Waals surface area contributed by atoms with Gasteiger partial charge in [0.05, 0.1) is 0 Å². The Hall–Kier alpha value is -2.44. The number of hydrogen-bond donors (Lipinski definition) is 1. The molecule has 6 nitrogen and oxygen atoms in total. The summed E-state index contributed by atoms with van der Waals surface area (Å²) in [7, 11) is 0. The predicted octanol–water partition coefficient (Wildman–Crippen LogP) is 2.69. The number of hydrogen-bond acceptors (Lipinski definition) is 5. The highest BCUT2D eigenvalue weighted by Crippen LogP contribution is 2.41. The molecule has 1 aromatic heterocycles. The minimum atomic E-state index is -0.423. The maximum Gasteiger partial charge on any atom is 0.316 e. The summed E-state index contributed by atoms with van der Waals surface area (Å²) < 4.78 is 18.5. The van der Waals surface area contributed by atoms with Crippen molar-refractivity contribution in [2.24, 2.45) is 5.92 Å². The van der Waals surface area contributed by atoms with Gasteiger partial charge in [0.25, 0.3) is 0 Å². The quantitative estimate of drug-likeness (QED) is 0.912. The maximum atomic E-state index is 13.0. The molecule has 2 atom stereocenters. The Morgan fingerprint density at radius 2 is 2.04 bits per heavy atom. The Morgan fingerprint density at radius 1 is 1.29 bits per heavy atom. The monoisotopic (exact) mass is 330 g/mol. The number of aromatic nitrogens is 2. The summed E-state index contributed by atoms with van der Waals surface area (Å²) in [6.07, 6.45) is 3.58. The van der Waals surface area contributed by atoms with Crippen molar-refractivity contribution in [3.63, 3.8) is 0 Å². The molecule has 2 aromatic rings. The van der Waals surface area contributed by atoms with Crippen LogP contribution in [0.1, 0.15) is 26.2 Å². The Kier molecular flexibility index (Phi) is 3.70. The molecule has 0 bridgehead atoms. The van der Waals surface area contributed by atoms with Gasteiger partial charge in [-0.15, -0.1) is 5.10 Å². The number of nitrogens with zero attached hydrogens (tertiary/aromatic N) is 3. The molecule has 1 aromatic carbocycles. The van der Waals surface area contributed by atoms with Crippen molar-refractivity contribution >= 4 is 11.9 Å². The van der Waals surface area contributed by atoms with Crippen molar-refractivity contribution < 1.29 is 13.6 Å². The third-order valence-corrected chi connectivity index (χ3v) is 4.74. The molecular formula is C17H19FN4O2. The van der Waals surface area contributed by atoms with Gasteiger partial charge < -0.3 is 14.6 Å². The third-order valence-electron chi connectivity index (χ3n) is 4.74. The van der Waals surface area contributed by atoms with Crippen LogP contribution in [0.2, 0.25) is 0 Å². The molecule has 1 N–H and O–H groups in total. The van der Waals surface area contributed by atoms with E-state index >= 15 is 0 Å². The Balaban J connectivity index is 1.40. The number of benzene rings is 1. The van der Waals surface area contributed by atoms with Crippen LogP contribution in [-0.2, 0) is 4.79 Å². The SMILES string of the molecule is C[C@@H](Nc1nnc(-c2ccc(F)cc2)o1)C(=O)N1CC[C@@H]1C1CC1. The standard InChI is InChI=1S/C17H19FN4O2/c1-10(16(23)22-9-8-14(22)11-2-3-11)19-17-21-20-15(24-17)12-4-6-13(18)7-5-12/h4-7,10-11,14H,2-3,8-9H2,1H3,(H,19,21)/t10-,14-/m1/s1. The number of likely N-dealkylation sites (tertiary alicyclic amines) is 1. The second kappa shape index (κ2) is 5.89. The fourth-order valence-electron chi connectivity index (χ4n) is 3.14. The van der Waals surface area contributed by atoms with Crippen LogP contribution >= 0.6 is 0 Å². The van der Waals surface area contributed by atoms with Gasteiger partial charge in [0.15, 0.2) is 0 Å². The lowest BCUT2D eigenvalue weighted by Crippen LogP contribution is -2.56. The molecule has 2 fully saturated rings. The minimum absolute atomic E-state index is 0.0692. The summed E-state index contributed by atoms with van der Waals surface area (Å²) in [5.74, 6) is 0.732. The number of anilines is 1. The summed E-state index contributed by atoms with van der Waals surface area (Å²) in [5, 5.41) is 10.8. The lowest BCUT2D eigenvalue weighted by atomic mass is 9.97. The molecule has 0 unspecified atom stereocenters. The van der Waals surface area contributed by atoms with Gasteiger partial charge in [0, 0.05) is 18.2 Å². The van der Waals surface area contributed by atoms with Crippen LogP contribution in [0.4, 0.5) is 10.4 Å². The zero-order valence-corrected chi connectivity index (χ0v) is 13.4. The Morgan fingerprint density at radius 3 is 2.67 bits per heavy atom. The number of carbonyl (C=O) groups excluding carboxylic acids is 1. The normalized spacial score (nSPS) is 21.2. The topological polar surface area (TPSA) is 71.3 Å². The second-order valence-corrected chi connectivity index (χ2v) is 6.51. The molecule has 1 saturated carbocycles. The highest BCUT2D eigenvalue weighted by atomic mass is 19.1. The van der Waals surface area contributed by atoms with E-state index in [2.05, 4.69) is 15.5 Å². The first-order chi connectivity index (χ1) is 11.6. The number of rotatable bonds is 5. The van der Waals surface area contributed by atoms with Gasteiger partial charge in [-0.1, -0.05) is 5.10 Å². The highest BCUT2D eigenvalue weighted by molar-refractivity contribution is 5.84. The lowest BCUT2D eigenvalue weighted by Gasteiger charge is -2.42. The molecule has 0 radical (unpaired) electrons. The number of carbonyl (C=O) groups is 1. The van der Waals surface area contributed by atoms with Gasteiger partial charge in [-0.3, -0.25) is 4.79 Å². The number of halogens is 1. The molecule has 7 heteroatoms. The van der Waals surface area contributed by atoms with Crippen molar-refractivity contribution in [1.82, 2.24) is 15.1 Å². The van der Waals surface area contributed by atoms with Gasteiger partial charge in [-0.2, -0.15) is 0 Å². The molecule has 0 spiro atoms. The predicted molar refractivity (Wildman–Crippen MR) is 85.6 cm³/mol. The average molecular weight is 330 g/mol. The molecule has 24 heavy (non-hydrogen) atoms. The van der Waals surface area contributed by atoms with Gasteiger partial charge in [-0.25, -0.2) is 4.39 Å². The molecular weight excluding hydrogens is 311 g/mol. The van der Waals surface area contributed by atoms with Crippen LogP contribution in [0.3, 0.4) is 0 Å². The first-order valence-electron chi connectivity index (χ1n) is 8.28. The van der Waals surface area contributed by atoms with Crippen LogP contribution in [0.5, 0.6) is 0 Å². The van der Waals surface area contributed by atoms with Crippen molar-refractivity contribution in [2.45, 2.75) is 38.3 Å². The summed E-state index contributed by atoms with van der Waals surface area (Å²) in [4.78, 5) is 14.5. The van der Waals surface area contributed by atoms with Crippen molar-refractivity contribution in [2.75, 3.05) is 11.9 Å². The zero-order valence-electron chi connectivity index (χ0n) is 13.4. The van der Waals surface area contributed by atoms with Crippen LogP contribution < -0.4 is 5.32 Å². The van der Waals surface area contributed by atoms with Crippen molar-refractivity contribution in [3.8, 4) is 11.5 Å². The van der Waals surface area contributed by atoms with E-state index in [1.807, 2.05) is 4.90 Å². The summed E-state index contributed by atoms with van der Waals surface area (Å²) in [5.41, 5.74) is 0.632. The van der Waals surface area contributed by atoms with E-state index in [9.17, 15) is 9.18 Å². The summed E-state index contributed by atoms with van der Waals surface area (Å²) in [6, 6.07) is 6.00. The molecule has 1 aliphatic heterocycles. The smallest absolute Gasteiger partial charge is 0.316 e. The zero-order chi connectivity index (χ0) is 16.7. The van der Waals surface area contributed by atoms with Crippen molar-refractivity contribution in [1.29, 1.82) is 0 Å². The third kappa shape index (κ3) is 2.86. The Labute approximate surface area is 139 Å². The maximum absolute atomic E-state index is 13.0. The van der Waals surface area contributed by atoms with E-state index < -0.39 is 6.04 Å². The highest BCUT2D eigenvalue weighted by Gasteiger charge is 2.43. The number of nitrogens with one attached hydrogen (secondary N) is 1. The van der Waals surface area contributed by atoms with E-state index in [4.69, 9.17) is 4.42 Å². The van der Waals surface area contributed by atoms with E-state index in [0.717, 1.165) is 13.0 Å². The second-order valence-electron chi connectivity index (χ2n) is 6.51. The van der Waals surface area contributed by atoms with E-state index in [-0.39, 0.29) is 23.6 Å². The van der Waals surface area contributed by atoms with Crippen LogP contribution in [0.15, 0.2) is 28.7 Å². The molecule has 1 aliphatic carbocycles. The van der Waals surface area contributed by atoms with Crippen molar-refractivity contribution in [3.05, 3.63) is 30.1 Å². The minimum Gasteiger partial charge on any atom is -0.403 e. The fraction of sp³-hybridized carbons (Fsp3) is 0.471. The van der Waals surface area contributed by atoms with Gasteiger partial charge >= 0.3 is 6.01 Å². The lowest BCUT2D eigenvalue weighted by molar-refractivity contribution is -0.140. The first-order valence-corrected chi connectivity index (χ1v) is 8.28. The molecule has 1 saturated heterocycles. The van der Waals surface area contributed by atoms with Gasteiger partial charge in [0.1, 0.15) is 11.9 Å². The molecule has 2 aliphatic rings. The molecule has 4 rings (SSSR count). The molecule has 1 amide bonds. The van der Waals surface area contributed by atoms with Crippen LogP contribution in [0.25, 0.3) is 11.5 Å². The van der Waals surface area contributed by atoms with E-state index in [1.54, 1.807) is 19.1 Å². The first kappa shape index (κ1) is 15.1. The largest absolute Gasteiger partial charge is 0.403 e. The van der Waals surface area contributed by atoms with Gasteiger partial charge in [-0.05, 0) is 56.4 Å². The Bertz CT molecular complexity index is 741. The van der Waals surface area contributed by atoms with E-state index in [0.29, 0.717) is 17.5 Å². The van der Waals surface area contributed by atoms with Crippen LogP contribution in [0, 0.1) is 11.7 Å². The summed E-state index contributed by atoms with van der Waals surface area (Å²) in [6.45, 7) is 2.63. The molecule has 2 heterocycles. The summed E-state index contributed by atoms with van der Waals surface area (Å²) >= 11 is 0. The number of amides is 1. The van der Waals surface area contributed by atoms with E-state index in [1.165, 1.54) is 25.0 Å². The molecule has 126 valence electrons. The van der Waals surface area contributed by atoms with Crippen LogP contribution in [-0.4, -0.2) is 39.6 Å². The fourth-order valence-corrected chi connectivity index (χ4v) is 3.14. The van der Waals surface area contributed by atoms with Gasteiger partial charge in [0.2, 0.25) is 11.8 Å². The average Bonchev–Trinajstić information content (AvgIpc) is 3.24.